The van der Waals surface area contributed by atoms with E-state index in [1.54, 1.807) is 0 Å². The van der Waals surface area contributed by atoms with E-state index in [-0.39, 0.29) is 11.4 Å². The molecule has 1 aliphatic heterocycles. The number of halogens is 1. The van der Waals surface area contributed by atoms with Crippen LogP contribution in [0.25, 0.3) is 0 Å². The van der Waals surface area contributed by atoms with Crippen molar-refractivity contribution in [3.8, 4) is 11.8 Å². The molecule has 0 bridgehead atoms. The molecular weight excluding hydrogens is 360 g/mol. The maximum Gasteiger partial charge on any atom is 0.244 e. The highest BCUT2D eigenvalue weighted by molar-refractivity contribution is 9.10. The van der Waals surface area contributed by atoms with Crippen LogP contribution in [-0.2, 0) is 0 Å². The summed E-state index contributed by atoms with van der Waals surface area (Å²) in [7, 11) is 0. The van der Waals surface area contributed by atoms with Crippen LogP contribution < -0.4 is 16.1 Å². The minimum atomic E-state index is -0.237. The number of nitrogens with one attached hydrogen (secondary N) is 2. The Morgan fingerprint density at radius 3 is 2.87 bits per heavy atom. The molecule has 0 saturated heterocycles. The van der Waals surface area contributed by atoms with Crippen molar-refractivity contribution in [1.29, 1.82) is 5.41 Å². The van der Waals surface area contributed by atoms with Crippen LogP contribution in [0.2, 0.25) is 0 Å². The summed E-state index contributed by atoms with van der Waals surface area (Å²) in [6, 6.07) is 7.88. The Morgan fingerprint density at radius 2 is 2.09 bits per heavy atom. The van der Waals surface area contributed by atoms with Crippen LogP contribution in [-0.4, -0.2) is 19.9 Å². The largest absolute Gasteiger partial charge is 0.418 e. The number of nitrogens with two attached hydrogens (primary N) is 1. The summed E-state index contributed by atoms with van der Waals surface area (Å²) in [4.78, 5) is 4.22. The SMILES string of the molecule is Cc1[nH]nc2c1C(c1ccccc1Br)c1c(ncn(N)c1=N)O2. The van der Waals surface area contributed by atoms with Gasteiger partial charge in [0.15, 0.2) is 5.49 Å². The summed E-state index contributed by atoms with van der Waals surface area (Å²) >= 11 is 3.60. The van der Waals surface area contributed by atoms with E-state index in [0.29, 0.717) is 17.3 Å². The van der Waals surface area contributed by atoms with E-state index in [0.717, 1.165) is 21.3 Å². The number of nitrogens with zero attached hydrogens (tertiary/aromatic N) is 3. The molecule has 0 radical (unpaired) electrons. The molecule has 23 heavy (non-hydrogen) atoms. The Bertz CT molecular complexity index is 976. The van der Waals surface area contributed by atoms with E-state index < -0.39 is 0 Å². The zero-order valence-electron chi connectivity index (χ0n) is 12.2. The molecule has 7 nitrogen and oxygen atoms in total. The number of benzene rings is 1. The van der Waals surface area contributed by atoms with Gasteiger partial charge in [-0.25, -0.2) is 9.66 Å². The zero-order chi connectivity index (χ0) is 16.1. The molecule has 1 atom stereocenters. The van der Waals surface area contributed by atoms with Gasteiger partial charge in [-0.1, -0.05) is 34.1 Å². The van der Waals surface area contributed by atoms with Gasteiger partial charge in [0.2, 0.25) is 11.8 Å². The summed E-state index contributed by atoms with van der Waals surface area (Å²) in [6.45, 7) is 1.93. The lowest BCUT2D eigenvalue weighted by atomic mass is 9.84. The Morgan fingerprint density at radius 1 is 1.30 bits per heavy atom. The molecule has 116 valence electrons. The molecular formula is C15H13BrN6O. The molecule has 1 aromatic carbocycles. The smallest absolute Gasteiger partial charge is 0.244 e. The van der Waals surface area contributed by atoms with Gasteiger partial charge in [-0.05, 0) is 18.6 Å². The molecule has 4 N–H and O–H groups in total. The number of fused-ring (bicyclic) bond motifs is 2. The van der Waals surface area contributed by atoms with E-state index >= 15 is 0 Å². The predicted octanol–water partition coefficient (Wildman–Crippen LogP) is 2.16. The second kappa shape index (κ2) is 4.95. The fourth-order valence-corrected chi connectivity index (χ4v) is 3.43. The molecule has 8 heteroatoms. The van der Waals surface area contributed by atoms with E-state index in [9.17, 15) is 0 Å². The molecule has 1 unspecified atom stereocenters. The Hall–Kier alpha value is -2.61. The van der Waals surface area contributed by atoms with Gasteiger partial charge in [-0.3, -0.25) is 10.5 Å². The van der Waals surface area contributed by atoms with Crippen molar-refractivity contribution in [2.45, 2.75) is 12.8 Å². The lowest BCUT2D eigenvalue weighted by Crippen LogP contribution is -2.33. The molecule has 3 aromatic rings. The molecule has 0 amide bonds. The van der Waals surface area contributed by atoms with Gasteiger partial charge in [-0.15, -0.1) is 5.10 Å². The standard InChI is InChI=1S/C15H13BrN6O/c1-7-10-11(8-4-2-3-5-9(8)16)12-13(17)22(18)6-19-14(12)23-15(10)21-20-7/h2-6,11,17H,18H2,1H3,(H,20,21). The van der Waals surface area contributed by atoms with Crippen LogP contribution in [0.3, 0.4) is 0 Å². The van der Waals surface area contributed by atoms with Gasteiger partial charge < -0.3 is 10.6 Å². The number of hydrogen-bond donors (Lipinski definition) is 3. The third-order valence-corrected chi connectivity index (χ3v) is 4.71. The first-order chi connectivity index (χ1) is 11.1. The Labute approximate surface area is 139 Å². The maximum absolute atomic E-state index is 8.36. The van der Waals surface area contributed by atoms with E-state index in [2.05, 4.69) is 31.1 Å². The second-order valence-electron chi connectivity index (χ2n) is 5.34. The quantitative estimate of drug-likeness (QED) is 0.445. The lowest BCUT2D eigenvalue weighted by molar-refractivity contribution is 0.410. The summed E-state index contributed by atoms with van der Waals surface area (Å²) in [5.74, 6) is 6.44. The van der Waals surface area contributed by atoms with Crippen LogP contribution in [0.15, 0.2) is 35.1 Å². The van der Waals surface area contributed by atoms with Crippen molar-refractivity contribution in [3.05, 3.63) is 62.9 Å². The predicted molar refractivity (Wildman–Crippen MR) is 86.7 cm³/mol. The summed E-state index contributed by atoms with van der Waals surface area (Å²) < 4.78 is 7.90. The van der Waals surface area contributed by atoms with Crippen molar-refractivity contribution >= 4 is 15.9 Å². The molecule has 0 spiro atoms. The van der Waals surface area contributed by atoms with Crippen LogP contribution in [0, 0.1) is 12.3 Å². The molecule has 0 aliphatic carbocycles. The van der Waals surface area contributed by atoms with Crippen LogP contribution in [0.5, 0.6) is 11.8 Å². The number of aryl methyl sites for hydroxylation is 1. The number of aromatic nitrogens is 4. The van der Waals surface area contributed by atoms with Gasteiger partial charge in [0.1, 0.15) is 6.33 Å². The van der Waals surface area contributed by atoms with Crippen LogP contribution in [0.1, 0.15) is 28.3 Å². The number of hydrogen-bond acceptors (Lipinski definition) is 5. The van der Waals surface area contributed by atoms with Gasteiger partial charge in [0.25, 0.3) is 0 Å². The van der Waals surface area contributed by atoms with Crippen LogP contribution in [0.4, 0.5) is 0 Å². The third-order valence-electron chi connectivity index (χ3n) is 3.99. The molecule has 4 rings (SSSR count). The molecule has 3 heterocycles. The normalized spacial score (nSPS) is 15.7. The first-order valence-corrected chi connectivity index (χ1v) is 7.75. The fraction of sp³-hybridized carbons (Fsp3) is 0.133. The molecule has 0 fully saturated rings. The summed E-state index contributed by atoms with van der Waals surface area (Å²) in [5, 5.41) is 15.5. The van der Waals surface area contributed by atoms with Crippen molar-refractivity contribution < 1.29 is 4.74 Å². The minimum Gasteiger partial charge on any atom is -0.418 e. The van der Waals surface area contributed by atoms with Gasteiger partial charge in [-0.2, -0.15) is 0 Å². The van der Waals surface area contributed by atoms with E-state index in [4.69, 9.17) is 16.0 Å². The number of aromatic amines is 1. The Balaban J connectivity index is 2.09. The van der Waals surface area contributed by atoms with Crippen molar-refractivity contribution in [3.63, 3.8) is 0 Å². The lowest BCUT2D eigenvalue weighted by Gasteiger charge is -2.26. The van der Waals surface area contributed by atoms with Gasteiger partial charge >= 0.3 is 0 Å². The Kier molecular flexibility index (Phi) is 3.02. The minimum absolute atomic E-state index is 0.155. The first-order valence-electron chi connectivity index (χ1n) is 6.96. The number of nitrogen functional groups attached to an aromatic ring is 1. The zero-order valence-corrected chi connectivity index (χ0v) is 13.8. The van der Waals surface area contributed by atoms with Gasteiger partial charge in [0, 0.05) is 15.7 Å². The molecule has 2 aromatic heterocycles. The summed E-state index contributed by atoms with van der Waals surface area (Å²) in [5.41, 5.74) is 3.56. The van der Waals surface area contributed by atoms with Crippen LogP contribution >= 0.6 is 15.9 Å². The highest BCUT2D eigenvalue weighted by Crippen LogP contribution is 2.46. The maximum atomic E-state index is 8.36. The highest BCUT2D eigenvalue weighted by atomic mass is 79.9. The number of ether oxygens (including phenoxy) is 1. The first kappa shape index (κ1) is 14.0. The van der Waals surface area contributed by atoms with E-state index in [1.165, 1.54) is 11.0 Å². The van der Waals surface area contributed by atoms with Crippen molar-refractivity contribution in [2.75, 3.05) is 5.84 Å². The number of rotatable bonds is 1. The average molecular weight is 373 g/mol. The van der Waals surface area contributed by atoms with E-state index in [1.807, 2.05) is 31.2 Å². The summed E-state index contributed by atoms with van der Waals surface area (Å²) in [6.07, 6.45) is 1.36. The molecule has 0 saturated carbocycles. The third kappa shape index (κ3) is 1.98. The van der Waals surface area contributed by atoms with Gasteiger partial charge in [0.05, 0.1) is 11.5 Å². The monoisotopic (exact) mass is 372 g/mol. The van der Waals surface area contributed by atoms with Crippen molar-refractivity contribution in [2.24, 2.45) is 0 Å². The molecule has 1 aliphatic rings. The second-order valence-corrected chi connectivity index (χ2v) is 6.20. The highest BCUT2D eigenvalue weighted by Gasteiger charge is 2.36. The average Bonchev–Trinajstić information content (AvgIpc) is 2.91. The fourth-order valence-electron chi connectivity index (χ4n) is 2.91. The number of H-pyrrole nitrogens is 1. The van der Waals surface area contributed by atoms with Crippen molar-refractivity contribution in [1.82, 2.24) is 19.9 Å². The topological polar surface area (TPSA) is 106 Å².